The highest BCUT2D eigenvalue weighted by molar-refractivity contribution is 6.14. The number of fused-ring (bicyclic) bond motifs is 1. The first-order valence-electron chi connectivity index (χ1n) is 11.7. The molecule has 10 heteroatoms. The second kappa shape index (κ2) is 9.41. The van der Waals surface area contributed by atoms with Gasteiger partial charge in [0.05, 0.1) is 29.1 Å². The van der Waals surface area contributed by atoms with E-state index in [2.05, 4.69) is 31.2 Å². The van der Waals surface area contributed by atoms with Crippen molar-refractivity contribution in [2.24, 2.45) is 0 Å². The SMILES string of the molecule is Cc1nc2ncnc(-c3ccc(F)cc3F)c2nc1C.[B]C1(c2cnn(C3CC3)c2)CCCCO1. The number of benzene rings is 1. The van der Waals surface area contributed by atoms with E-state index >= 15 is 0 Å². The second-order valence-corrected chi connectivity index (χ2v) is 9.05. The molecule has 6 rings (SSSR count). The van der Waals surface area contributed by atoms with Crippen LogP contribution in [0.4, 0.5) is 8.78 Å². The lowest BCUT2D eigenvalue weighted by Gasteiger charge is -2.33. The van der Waals surface area contributed by atoms with Crippen molar-refractivity contribution < 1.29 is 13.5 Å². The van der Waals surface area contributed by atoms with Crippen LogP contribution in [-0.2, 0) is 10.2 Å². The first-order valence-corrected chi connectivity index (χ1v) is 11.7. The number of nitrogens with zero attached hydrogens (tertiary/aromatic N) is 6. The Balaban J connectivity index is 0.000000151. The Bertz CT molecular complexity index is 1370. The highest BCUT2D eigenvalue weighted by atomic mass is 19.1. The molecule has 1 aliphatic carbocycles. The number of halogens is 2. The Morgan fingerprint density at radius 2 is 1.89 bits per heavy atom. The first-order chi connectivity index (χ1) is 16.8. The Labute approximate surface area is 203 Å². The predicted molar refractivity (Wildman–Crippen MR) is 128 cm³/mol. The van der Waals surface area contributed by atoms with Gasteiger partial charge in [-0.1, -0.05) is 0 Å². The van der Waals surface area contributed by atoms with Crippen molar-refractivity contribution >= 4 is 19.0 Å². The van der Waals surface area contributed by atoms with Gasteiger partial charge in [0.1, 0.15) is 37.0 Å². The summed E-state index contributed by atoms with van der Waals surface area (Å²) in [5.74, 6) is -1.33. The lowest BCUT2D eigenvalue weighted by Crippen LogP contribution is -2.33. The van der Waals surface area contributed by atoms with Crippen LogP contribution in [0.3, 0.4) is 0 Å². The minimum atomic E-state index is -0.690. The fourth-order valence-corrected chi connectivity index (χ4v) is 4.06. The zero-order valence-electron chi connectivity index (χ0n) is 19.7. The molecular formula is C25H25BF2N6O. The fourth-order valence-electron chi connectivity index (χ4n) is 4.06. The van der Waals surface area contributed by atoms with Gasteiger partial charge in [-0.25, -0.2) is 28.7 Å². The molecule has 35 heavy (non-hydrogen) atoms. The largest absolute Gasteiger partial charge is 0.380 e. The molecule has 2 fully saturated rings. The van der Waals surface area contributed by atoms with E-state index in [-0.39, 0.29) is 5.56 Å². The van der Waals surface area contributed by atoms with Crippen molar-refractivity contribution in [3.05, 3.63) is 65.5 Å². The summed E-state index contributed by atoms with van der Waals surface area (Å²) in [5.41, 5.74) is 3.21. The molecule has 3 aromatic heterocycles. The van der Waals surface area contributed by atoms with Crippen LogP contribution in [-0.4, -0.2) is 44.2 Å². The molecule has 0 N–H and O–H groups in total. The highest BCUT2D eigenvalue weighted by Gasteiger charge is 2.32. The zero-order valence-corrected chi connectivity index (χ0v) is 19.7. The summed E-state index contributed by atoms with van der Waals surface area (Å²) in [6.07, 6.45) is 10.9. The van der Waals surface area contributed by atoms with Crippen LogP contribution in [0.5, 0.6) is 0 Å². The predicted octanol–water partition coefficient (Wildman–Crippen LogP) is 4.72. The van der Waals surface area contributed by atoms with Gasteiger partial charge in [0.2, 0.25) is 0 Å². The van der Waals surface area contributed by atoms with Gasteiger partial charge in [-0.15, -0.1) is 0 Å². The first kappa shape index (κ1) is 23.5. The van der Waals surface area contributed by atoms with E-state index in [0.717, 1.165) is 48.9 Å². The maximum Gasteiger partial charge on any atom is 0.182 e. The summed E-state index contributed by atoms with van der Waals surface area (Å²) >= 11 is 0. The van der Waals surface area contributed by atoms with Crippen molar-refractivity contribution in [1.29, 1.82) is 0 Å². The third-order valence-corrected chi connectivity index (χ3v) is 6.38. The highest BCUT2D eigenvalue weighted by Crippen LogP contribution is 2.37. The molecule has 178 valence electrons. The van der Waals surface area contributed by atoms with E-state index in [4.69, 9.17) is 12.6 Å². The van der Waals surface area contributed by atoms with Gasteiger partial charge in [-0.3, -0.25) is 4.68 Å². The lowest BCUT2D eigenvalue weighted by molar-refractivity contribution is -0.0210. The van der Waals surface area contributed by atoms with Crippen molar-refractivity contribution in [3.8, 4) is 11.3 Å². The minimum Gasteiger partial charge on any atom is -0.380 e. The molecule has 1 aliphatic heterocycles. The summed E-state index contributed by atoms with van der Waals surface area (Å²) in [6.45, 7) is 4.40. The molecule has 0 bridgehead atoms. The van der Waals surface area contributed by atoms with E-state index in [0.29, 0.717) is 22.9 Å². The molecule has 4 heterocycles. The molecule has 0 amide bonds. The van der Waals surface area contributed by atoms with E-state index in [1.54, 1.807) is 6.92 Å². The smallest absolute Gasteiger partial charge is 0.182 e. The van der Waals surface area contributed by atoms with Crippen LogP contribution >= 0.6 is 0 Å². The topological polar surface area (TPSA) is 78.6 Å². The molecule has 0 spiro atoms. The van der Waals surface area contributed by atoms with Crippen molar-refractivity contribution in [2.45, 2.75) is 57.5 Å². The minimum absolute atomic E-state index is 0.177. The molecule has 2 aliphatic rings. The van der Waals surface area contributed by atoms with Crippen LogP contribution in [0.25, 0.3) is 22.4 Å². The molecule has 1 aromatic carbocycles. The monoisotopic (exact) mass is 474 g/mol. The maximum atomic E-state index is 13.9. The van der Waals surface area contributed by atoms with Gasteiger partial charge in [0.15, 0.2) is 5.65 Å². The number of hydrogen-bond donors (Lipinski definition) is 0. The molecule has 1 atom stereocenters. The summed E-state index contributed by atoms with van der Waals surface area (Å²) in [7, 11) is 6.24. The number of aromatic nitrogens is 6. The van der Waals surface area contributed by atoms with E-state index in [9.17, 15) is 8.78 Å². The lowest BCUT2D eigenvalue weighted by atomic mass is 9.72. The van der Waals surface area contributed by atoms with Gasteiger partial charge in [-0.05, 0) is 58.1 Å². The summed E-state index contributed by atoms with van der Waals surface area (Å²) < 4.78 is 34.6. The number of aryl methyl sites for hydroxylation is 2. The molecule has 1 saturated heterocycles. The molecule has 1 saturated carbocycles. The molecule has 4 aromatic rings. The molecule has 1 unspecified atom stereocenters. The normalized spacial score (nSPS) is 19.9. The van der Waals surface area contributed by atoms with Crippen LogP contribution in [0.2, 0.25) is 0 Å². The van der Waals surface area contributed by atoms with Gasteiger partial charge >= 0.3 is 0 Å². The number of ether oxygens (including phenoxy) is 1. The average Bonchev–Trinajstić information content (AvgIpc) is 3.56. The Hall–Kier alpha value is -3.27. The van der Waals surface area contributed by atoms with E-state index in [1.807, 2.05) is 17.8 Å². The Kier molecular flexibility index (Phi) is 6.31. The van der Waals surface area contributed by atoms with Gasteiger partial charge in [-0.2, -0.15) is 5.10 Å². The summed E-state index contributed by atoms with van der Waals surface area (Å²) in [5, 5.41) is 4.36. The van der Waals surface area contributed by atoms with Crippen molar-refractivity contribution in [3.63, 3.8) is 0 Å². The molecular weight excluding hydrogens is 449 g/mol. The Morgan fingerprint density at radius 3 is 2.60 bits per heavy atom. The maximum absolute atomic E-state index is 13.9. The van der Waals surface area contributed by atoms with Crippen molar-refractivity contribution in [2.75, 3.05) is 6.61 Å². The second-order valence-electron chi connectivity index (χ2n) is 9.05. The summed E-state index contributed by atoms with van der Waals surface area (Å²) in [6, 6.07) is 3.95. The Morgan fingerprint density at radius 1 is 1.09 bits per heavy atom. The number of hydrogen-bond acceptors (Lipinski definition) is 6. The standard InChI is InChI=1S/C14H10F2N4.C11H15BN2O/c1-7-8(2)20-14-13(19-7)12(17-6-18-14)10-4-3-9(15)5-11(10)16;12-11(5-1-2-6-15-11)9-7-13-14(8-9)10-3-4-10/h3-6H,1-2H3;7-8,10H,1-6H2. The molecule has 2 radical (unpaired) electrons. The van der Waals surface area contributed by atoms with Gasteiger partial charge < -0.3 is 4.74 Å². The van der Waals surface area contributed by atoms with Crippen LogP contribution in [0.1, 0.15) is 55.1 Å². The van der Waals surface area contributed by atoms with Crippen LogP contribution in [0, 0.1) is 25.5 Å². The van der Waals surface area contributed by atoms with Crippen LogP contribution < -0.4 is 0 Å². The van der Waals surface area contributed by atoms with Gasteiger partial charge in [0, 0.05) is 30.0 Å². The quantitative estimate of drug-likeness (QED) is 0.400. The van der Waals surface area contributed by atoms with E-state index in [1.165, 1.54) is 31.3 Å². The number of rotatable bonds is 3. The molecule has 7 nitrogen and oxygen atoms in total. The third kappa shape index (κ3) is 4.93. The average molecular weight is 474 g/mol. The summed E-state index contributed by atoms with van der Waals surface area (Å²) in [4.78, 5) is 16.8. The third-order valence-electron chi connectivity index (χ3n) is 6.38. The van der Waals surface area contributed by atoms with Gasteiger partial charge in [0.25, 0.3) is 0 Å². The fraction of sp³-hybridized carbons (Fsp3) is 0.400. The zero-order chi connectivity index (χ0) is 24.6. The van der Waals surface area contributed by atoms with Crippen LogP contribution in [0.15, 0.2) is 36.9 Å². The van der Waals surface area contributed by atoms with Crippen molar-refractivity contribution in [1.82, 2.24) is 29.7 Å². The van der Waals surface area contributed by atoms with E-state index < -0.39 is 17.1 Å².